The summed E-state index contributed by atoms with van der Waals surface area (Å²) in [5.41, 5.74) is 3.83. The number of carbonyl (C=O) groups is 1. The molecule has 0 heterocycles. The van der Waals surface area contributed by atoms with E-state index in [0.29, 0.717) is 38.4 Å². The van der Waals surface area contributed by atoms with Crippen LogP contribution in [0.25, 0.3) is 0 Å². The molecular formula is C23H19Br2FN2O4. The quantitative estimate of drug-likeness (QED) is 0.280. The van der Waals surface area contributed by atoms with Crippen molar-refractivity contribution in [1.29, 1.82) is 0 Å². The second-order valence-electron chi connectivity index (χ2n) is 6.45. The lowest BCUT2D eigenvalue weighted by atomic mass is 10.2. The van der Waals surface area contributed by atoms with Gasteiger partial charge in [0.2, 0.25) is 0 Å². The number of methoxy groups -OCH3 is 2. The molecule has 0 bridgehead atoms. The second kappa shape index (κ2) is 11.1. The molecule has 166 valence electrons. The minimum absolute atomic E-state index is 0.0335. The molecule has 3 aromatic rings. The number of hydrazone groups is 1. The lowest BCUT2D eigenvalue weighted by Crippen LogP contribution is -2.17. The van der Waals surface area contributed by atoms with Gasteiger partial charge < -0.3 is 14.2 Å². The lowest BCUT2D eigenvalue weighted by Gasteiger charge is -2.12. The van der Waals surface area contributed by atoms with Crippen LogP contribution in [0, 0.1) is 5.82 Å². The molecular weight excluding hydrogens is 547 g/mol. The Morgan fingerprint density at radius 1 is 1.06 bits per heavy atom. The van der Waals surface area contributed by atoms with Gasteiger partial charge in [0.15, 0.2) is 11.5 Å². The highest BCUT2D eigenvalue weighted by Gasteiger charge is 2.12. The van der Waals surface area contributed by atoms with Gasteiger partial charge in [0.25, 0.3) is 5.91 Å². The standard InChI is InChI=1S/C23H19Br2FN2O4/c1-30-20-8-7-14(10-21(20)31-2)23(29)28-27-12-16-9-17(24)11-18(25)22(16)32-13-15-5-3-4-6-19(15)26/h3-12H,13H2,1-2H3,(H,28,29)/b27-12+. The maximum absolute atomic E-state index is 13.9. The first kappa shape index (κ1) is 23.7. The van der Waals surface area contributed by atoms with Crippen LogP contribution < -0.4 is 19.6 Å². The monoisotopic (exact) mass is 564 g/mol. The van der Waals surface area contributed by atoms with E-state index in [9.17, 15) is 9.18 Å². The molecule has 3 aromatic carbocycles. The fraction of sp³-hybridized carbons (Fsp3) is 0.130. The van der Waals surface area contributed by atoms with E-state index >= 15 is 0 Å². The normalized spacial score (nSPS) is 10.8. The first-order chi connectivity index (χ1) is 15.4. The number of hydrogen-bond donors (Lipinski definition) is 1. The molecule has 0 saturated carbocycles. The van der Waals surface area contributed by atoms with E-state index in [1.165, 1.54) is 26.5 Å². The zero-order valence-electron chi connectivity index (χ0n) is 17.2. The Labute approximate surface area is 201 Å². The van der Waals surface area contributed by atoms with Gasteiger partial charge in [-0.25, -0.2) is 9.82 Å². The smallest absolute Gasteiger partial charge is 0.271 e. The van der Waals surface area contributed by atoms with Crippen LogP contribution in [0.5, 0.6) is 17.2 Å². The molecule has 0 aliphatic heterocycles. The molecule has 0 fully saturated rings. The van der Waals surface area contributed by atoms with Crippen LogP contribution in [0.3, 0.4) is 0 Å². The van der Waals surface area contributed by atoms with E-state index in [4.69, 9.17) is 14.2 Å². The van der Waals surface area contributed by atoms with E-state index in [1.807, 2.05) is 0 Å². The van der Waals surface area contributed by atoms with Gasteiger partial charge in [-0.05, 0) is 52.3 Å². The van der Waals surface area contributed by atoms with E-state index in [1.54, 1.807) is 48.5 Å². The molecule has 9 heteroatoms. The number of benzene rings is 3. The van der Waals surface area contributed by atoms with Crippen molar-refractivity contribution in [2.75, 3.05) is 14.2 Å². The minimum atomic E-state index is -0.426. The average Bonchev–Trinajstić information content (AvgIpc) is 2.78. The van der Waals surface area contributed by atoms with Gasteiger partial charge in [0.1, 0.15) is 18.2 Å². The summed E-state index contributed by atoms with van der Waals surface area (Å²) in [5.74, 6) is 0.635. The molecule has 0 aliphatic carbocycles. The SMILES string of the molecule is COc1ccc(C(=O)N/N=C/c2cc(Br)cc(Br)c2OCc2ccccc2F)cc1OC. The molecule has 32 heavy (non-hydrogen) atoms. The fourth-order valence-electron chi connectivity index (χ4n) is 2.80. The number of carbonyl (C=O) groups excluding carboxylic acids is 1. The molecule has 0 saturated heterocycles. The average molecular weight is 566 g/mol. The highest BCUT2D eigenvalue weighted by Crippen LogP contribution is 2.33. The maximum Gasteiger partial charge on any atom is 0.271 e. The molecule has 0 aromatic heterocycles. The van der Waals surface area contributed by atoms with Gasteiger partial charge >= 0.3 is 0 Å². The number of ether oxygens (including phenoxy) is 3. The summed E-state index contributed by atoms with van der Waals surface area (Å²) in [5, 5.41) is 4.04. The van der Waals surface area contributed by atoms with Crippen LogP contribution in [0.2, 0.25) is 0 Å². The summed E-state index contributed by atoms with van der Waals surface area (Å²) in [4.78, 5) is 12.5. The summed E-state index contributed by atoms with van der Waals surface area (Å²) >= 11 is 6.88. The number of rotatable bonds is 8. The predicted molar refractivity (Wildman–Crippen MR) is 127 cm³/mol. The van der Waals surface area contributed by atoms with Gasteiger partial charge in [-0.2, -0.15) is 5.10 Å². The van der Waals surface area contributed by atoms with Crippen LogP contribution in [0.1, 0.15) is 21.5 Å². The fourth-order valence-corrected chi connectivity index (χ4v) is 4.17. The Balaban J connectivity index is 1.76. The highest BCUT2D eigenvalue weighted by atomic mass is 79.9. The van der Waals surface area contributed by atoms with Crippen molar-refractivity contribution in [3.05, 3.63) is 86.1 Å². The number of nitrogens with zero attached hydrogens (tertiary/aromatic N) is 1. The first-order valence-electron chi connectivity index (χ1n) is 9.33. The third kappa shape index (κ3) is 5.86. The Bertz CT molecular complexity index is 1150. The third-order valence-electron chi connectivity index (χ3n) is 4.38. The van der Waals surface area contributed by atoms with Gasteiger partial charge in [-0.3, -0.25) is 4.79 Å². The molecule has 1 amide bonds. The van der Waals surface area contributed by atoms with Gasteiger partial charge in [0, 0.05) is 21.2 Å². The zero-order valence-corrected chi connectivity index (χ0v) is 20.4. The van der Waals surface area contributed by atoms with Crippen molar-refractivity contribution in [3.63, 3.8) is 0 Å². The molecule has 1 N–H and O–H groups in total. The van der Waals surface area contributed by atoms with Crippen molar-refractivity contribution in [3.8, 4) is 17.2 Å². The van der Waals surface area contributed by atoms with Gasteiger partial charge in [-0.15, -0.1) is 0 Å². The van der Waals surface area contributed by atoms with E-state index in [2.05, 4.69) is 42.4 Å². The second-order valence-corrected chi connectivity index (χ2v) is 8.22. The van der Waals surface area contributed by atoms with Crippen molar-refractivity contribution in [2.24, 2.45) is 5.10 Å². The Hall–Kier alpha value is -2.91. The summed E-state index contributed by atoms with van der Waals surface area (Å²) in [6, 6.07) is 14.8. The van der Waals surface area contributed by atoms with E-state index < -0.39 is 5.91 Å². The molecule has 0 aliphatic rings. The molecule has 3 rings (SSSR count). The summed E-state index contributed by atoms with van der Waals surface area (Å²) < 4.78 is 31.6. The van der Waals surface area contributed by atoms with E-state index in [0.717, 1.165) is 4.47 Å². The van der Waals surface area contributed by atoms with Crippen molar-refractivity contribution >= 4 is 44.0 Å². The Morgan fingerprint density at radius 2 is 1.81 bits per heavy atom. The van der Waals surface area contributed by atoms with Gasteiger partial charge in [0.05, 0.1) is 24.9 Å². The topological polar surface area (TPSA) is 69.2 Å². The minimum Gasteiger partial charge on any atom is -0.493 e. The van der Waals surface area contributed by atoms with Crippen molar-refractivity contribution < 1.29 is 23.4 Å². The van der Waals surface area contributed by atoms with Crippen LogP contribution in [0.15, 0.2) is 68.6 Å². The maximum atomic E-state index is 13.9. The number of halogens is 3. The summed E-state index contributed by atoms with van der Waals surface area (Å²) in [7, 11) is 3.01. The largest absolute Gasteiger partial charge is 0.493 e. The zero-order chi connectivity index (χ0) is 23.1. The Morgan fingerprint density at radius 3 is 2.53 bits per heavy atom. The summed E-state index contributed by atoms with van der Waals surface area (Å²) in [6.07, 6.45) is 1.45. The molecule has 6 nitrogen and oxygen atoms in total. The van der Waals surface area contributed by atoms with Crippen LogP contribution in [-0.2, 0) is 6.61 Å². The van der Waals surface area contributed by atoms with E-state index in [-0.39, 0.29) is 12.4 Å². The predicted octanol–water partition coefficient (Wildman–Crippen LogP) is 5.71. The molecule has 0 unspecified atom stereocenters. The van der Waals surface area contributed by atoms with Gasteiger partial charge in [-0.1, -0.05) is 34.1 Å². The Kier molecular flexibility index (Phi) is 8.24. The van der Waals surface area contributed by atoms with Crippen LogP contribution >= 0.6 is 31.9 Å². The van der Waals surface area contributed by atoms with Crippen LogP contribution in [0.4, 0.5) is 4.39 Å². The number of hydrogen-bond acceptors (Lipinski definition) is 5. The summed E-state index contributed by atoms with van der Waals surface area (Å²) in [6.45, 7) is 0.0335. The number of amides is 1. The van der Waals surface area contributed by atoms with Crippen LogP contribution in [-0.4, -0.2) is 26.3 Å². The van der Waals surface area contributed by atoms with Crippen molar-refractivity contribution in [1.82, 2.24) is 5.43 Å². The molecule has 0 spiro atoms. The molecule has 0 radical (unpaired) electrons. The molecule has 0 atom stereocenters. The third-order valence-corrected chi connectivity index (χ3v) is 5.43. The van der Waals surface area contributed by atoms with Crippen molar-refractivity contribution in [2.45, 2.75) is 6.61 Å². The lowest BCUT2D eigenvalue weighted by molar-refractivity contribution is 0.0954. The first-order valence-corrected chi connectivity index (χ1v) is 10.9. The highest BCUT2D eigenvalue weighted by molar-refractivity contribution is 9.11. The number of nitrogens with one attached hydrogen (secondary N) is 1.